The molecule has 0 rings (SSSR count). The molecule has 0 saturated heterocycles. The van der Waals surface area contributed by atoms with Crippen molar-refractivity contribution in [3.63, 3.8) is 0 Å². The van der Waals surface area contributed by atoms with Gasteiger partial charge in [-0.15, -0.1) is 0 Å². The molecule has 0 aliphatic carbocycles. The largest absolute Gasteiger partial charge is 0.799 e. The predicted octanol–water partition coefficient (Wildman–Crippen LogP) is 2.33. The van der Waals surface area contributed by atoms with Gasteiger partial charge in [-0.1, -0.05) is 64.7 Å². The van der Waals surface area contributed by atoms with Crippen molar-refractivity contribution in [2.45, 2.75) is 71.1 Å². The average Bonchev–Trinajstić information content (AvgIpc) is 2.24. The lowest BCUT2D eigenvalue weighted by Crippen LogP contribution is -2.28. The van der Waals surface area contributed by atoms with E-state index >= 15 is 0 Å². The second kappa shape index (κ2) is 11.2. The molecule has 0 saturated carbocycles. The number of rotatable bonds is 12. The van der Waals surface area contributed by atoms with Crippen LogP contribution in [0.4, 0.5) is 0 Å². The van der Waals surface area contributed by atoms with Gasteiger partial charge in [0.25, 0.3) is 0 Å². The first-order chi connectivity index (χ1) is 8.06. The van der Waals surface area contributed by atoms with Crippen molar-refractivity contribution < 1.29 is 14.4 Å². The number of nitrogens with one attached hydrogen (secondary N) is 1. The van der Waals surface area contributed by atoms with Crippen LogP contribution in [0.2, 0.25) is 0 Å². The Kier molecular flexibility index (Phi) is 11.3. The maximum absolute atomic E-state index is 10.3. The van der Waals surface area contributed by atoms with Crippen LogP contribution in [0.25, 0.3) is 0 Å². The minimum absolute atomic E-state index is 0.292. The van der Waals surface area contributed by atoms with Crippen LogP contribution in [0.3, 0.4) is 0 Å². The Morgan fingerprint density at radius 2 is 1.24 bits per heavy atom. The molecule has 0 aliphatic rings. The molecule has 0 fully saturated rings. The Bertz CT molecular complexity index is 206. The van der Waals surface area contributed by atoms with E-state index < -0.39 is 7.75 Å². The summed E-state index contributed by atoms with van der Waals surface area (Å²) in [7, 11) is -4.49. The Balaban J connectivity index is 3.01. The normalized spacial score (nSPS) is 11.9. The highest BCUT2D eigenvalue weighted by Gasteiger charge is 1.93. The second-order valence-corrected chi connectivity index (χ2v) is 5.90. The van der Waals surface area contributed by atoms with Crippen molar-refractivity contribution >= 4 is 7.75 Å². The average molecular weight is 263 g/mol. The van der Waals surface area contributed by atoms with E-state index in [4.69, 9.17) is 0 Å². The zero-order chi connectivity index (χ0) is 13.0. The highest BCUT2D eigenvalue weighted by atomic mass is 31.2. The second-order valence-electron chi connectivity index (χ2n) is 4.59. The molecule has 0 spiro atoms. The highest BCUT2D eigenvalue weighted by Crippen LogP contribution is 2.15. The van der Waals surface area contributed by atoms with Crippen molar-refractivity contribution in [3.05, 3.63) is 0 Å². The SMILES string of the molecule is CCCCCCCCCCCCNP(=O)([O-])[O-]. The van der Waals surface area contributed by atoms with E-state index in [0.717, 1.165) is 19.3 Å². The molecular weight excluding hydrogens is 237 g/mol. The van der Waals surface area contributed by atoms with Crippen LogP contribution >= 0.6 is 7.75 Å². The van der Waals surface area contributed by atoms with Gasteiger partial charge in [0.05, 0.1) is 0 Å². The highest BCUT2D eigenvalue weighted by molar-refractivity contribution is 7.46. The summed E-state index contributed by atoms with van der Waals surface area (Å²) in [5.41, 5.74) is 0. The molecule has 0 heterocycles. The molecule has 0 aromatic heterocycles. The van der Waals surface area contributed by atoms with E-state index in [-0.39, 0.29) is 0 Å². The maximum atomic E-state index is 10.3. The summed E-state index contributed by atoms with van der Waals surface area (Å²) in [6.07, 6.45) is 12.0. The third kappa shape index (κ3) is 16.1. The van der Waals surface area contributed by atoms with Crippen LogP contribution in [-0.4, -0.2) is 6.54 Å². The number of hydrogen-bond acceptors (Lipinski definition) is 3. The van der Waals surface area contributed by atoms with Crippen LogP contribution in [0, 0.1) is 0 Å². The molecule has 5 heteroatoms. The van der Waals surface area contributed by atoms with E-state index in [9.17, 15) is 14.4 Å². The number of unbranched alkanes of at least 4 members (excludes halogenated alkanes) is 9. The van der Waals surface area contributed by atoms with Crippen LogP contribution < -0.4 is 14.9 Å². The van der Waals surface area contributed by atoms with Gasteiger partial charge in [-0.25, -0.2) is 0 Å². The van der Waals surface area contributed by atoms with Crippen molar-refractivity contribution in [1.29, 1.82) is 0 Å². The smallest absolute Gasteiger partial charge is 0.000381 e. The van der Waals surface area contributed by atoms with Gasteiger partial charge in [0, 0.05) is 0 Å². The molecule has 0 aliphatic heterocycles. The Labute approximate surface area is 105 Å². The fraction of sp³-hybridized carbons (Fsp3) is 1.00. The minimum Gasteiger partial charge on any atom is -0.799 e. The van der Waals surface area contributed by atoms with Crippen LogP contribution in [0.15, 0.2) is 0 Å². The van der Waals surface area contributed by atoms with Crippen molar-refractivity contribution in [2.75, 3.05) is 6.54 Å². The molecule has 0 atom stereocenters. The van der Waals surface area contributed by atoms with E-state index in [1.54, 1.807) is 0 Å². The summed E-state index contributed by atoms with van der Waals surface area (Å²) in [6.45, 7) is 2.51. The lowest BCUT2D eigenvalue weighted by Gasteiger charge is -2.30. The van der Waals surface area contributed by atoms with E-state index in [0.29, 0.717) is 6.54 Å². The molecule has 0 unspecified atom stereocenters. The van der Waals surface area contributed by atoms with Gasteiger partial charge < -0.3 is 14.4 Å². The Morgan fingerprint density at radius 3 is 1.65 bits per heavy atom. The summed E-state index contributed by atoms with van der Waals surface area (Å²) in [4.78, 5) is 20.5. The lowest BCUT2D eigenvalue weighted by molar-refractivity contribution is -0.317. The third-order valence-electron chi connectivity index (χ3n) is 2.84. The standard InChI is InChI=1S/C12H28NO3P/c1-2-3-4-5-6-7-8-9-10-11-12-13-17(14,15)16/h2-12H2,1H3,(H3,13,14,15,16)/p-2. The molecule has 104 valence electrons. The molecule has 17 heavy (non-hydrogen) atoms. The molecular formula is C12H26NO3P-2. The summed E-state index contributed by atoms with van der Waals surface area (Å²) in [5, 5.41) is 1.99. The van der Waals surface area contributed by atoms with Crippen LogP contribution in [0.1, 0.15) is 71.1 Å². The molecule has 4 nitrogen and oxygen atoms in total. The first-order valence-electron chi connectivity index (χ1n) is 6.83. The zero-order valence-electron chi connectivity index (χ0n) is 11.0. The quantitative estimate of drug-likeness (QED) is 0.433. The summed E-state index contributed by atoms with van der Waals surface area (Å²) < 4.78 is 10.3. The lowest BCUT2D eigenvalue weighted by atomic mass is 10.1. The van der Waals surface area contributed by atoms with Crippen molar-refractivity contribution in [2.24, 2.45) is 0 Å². The van der Waals surface area contributed by atoms with Crippen LogP contribution in [-0.2, 0) is 4.57 Å². The summed E-state index contributed by atoms with van der Waals surface area (Å²) >= 11 is 0. The zero-order valence-corrected chi connectivity index (χ0v) is 11.8. The molecule has 1 N–H and O–H groups in total. The topological polar surface area (TPSA) is 75.2 Å². The van der Waals surface area contributed by atoms with Crippen molar-refractivity contribution in [1.82, 2.24) is 5.09 Å². The van der Waals surface area contributed by atoms with E-state index in [1.807, 2.05) is 5.09 Å². The molecule has 0 aromatic carbocycles. The van der Waals surface area contributed by atoms with Gasteiger partial charge in [-0.05, 0) is 20.7 Å². The van der Waals surface area contributed by atoms with Gasteiger partial charge in [-0.3, -0.25) is 5.09 Å². The monoisotopic (exact) mass is 263 g/mol. The third-order valence-corrected chi connectivity index (χ3v) is 3.45. The summed E-state index contributed by atoms with van der Waals surface area (Å²) in [6, 6.07) is 0. The first-order valence-corrected chi connectivity index (χ1v) is 8.37. The van der Waals surface area contributed by atoms with Crippen molar-refractivity contribution in [3.8, 4) is 0 Å². The fourth-order valence-electron chi connectivity index (χ4n) is 1.83. The van der Waals surface area contributed by atoms with Crippen LogP contribution in [0.5, 0.6) is 0 Å². The minimum atomic E-state index is -4.49. The first kappa shape index (κ1) is 17.1. The van der Waals surface area contributed by atoms with Gasteiger partial charge in [0.1, 0.15) is 0 Å². The van der Waals surface area contributed by atoms with Gasteiger partial charge in [0.15, 0.2) is 0 Å². The Morgan fingerprint density at radius 1 is 0.824 bits per heavy atom. The summed E-state index contributed by atoms with van der Waals surface area (Å²) in [5.74, 6) is 0. The van der Waals surface area contributed by atoms with Gasteiger partial charge in [0.2, 0.25) is 0 Å². The fourth-order valence-corrected chi connectivity index (χ4v) is 2.26. The van der Waals surface area contributed by atoms with Gasteiger partial charge >= 0.3 is 0 Å². The maximum Gasteiger partial charge on any atom is -0.000381 e. The molecule has 0 amide bonds. The van der Waals surface area contributed by atoms with E-state index in [2.05, 4.69) is 6.92 Å². The van der Waals surface area contributed by atoms with Gasteiger partial charge in [-0.2, -0.15) is 0 Å². The molecule has 0 bridgehead atoms. The van der Waals surface area contributed by atoms with E-state index in [1.165, 1.54) is 44.9 Å². The molecule has 0 aromatic rings. The number of hydrogen-bond donors (Lipinski definition) is 1. The predicted molar refractivity (Wildman–Crippen MR) is 67.5 cm³/mol. The molecule has 0 radical (unpaired) electrons. The Hall–Kier alpha value is 0.110.